The van der Waals surface area contributed by atoms with Crippen molar-refractivity contribution in [1.29, 1.82) is 0 Å². The number of pyridine rings is 1. The van der Waals surface area contributed by atoms with Gasteiger partial charge in [0.15, 0.2) is 0 Å². The lowest BCUT2D eigenvalue weighted by Gasteiger charge is -2.35. The standard InChI is InChI=1S/C29H30ClN5O/c1-19(2)25(35-18-29(3,4)33-26(35)21-12-14-31-15-13-21)27-32-24-16-22(30)10-11-23(24)28(36)34(27)17-20-8-6-5-7-9-20/h5-16,19,25H,17-18H2,1-4H3. The Morgan fingerprint density at radius 3 is 2.44 bits per heavy atom. The number of aliphatic imine (C=N–C) groups is 1. The monoisotopic (exact) mass is 499 g/mol. The van der Waals surface area contributed by atoms with E-state index in [-0.39, 0.29) is 23.1 Å². The van der Waals surface area contributed by atoms with Gasteiger partial charge in [0.05, 0.1) is 29.0 Å². The van der Waals surface area contributed by atoms with Crippen LogP contribution in [0.5, 0.6) is 0 Å². The Labute approximate surface area is 216 Å². The molecule has 3 heterocycles. The minimum absolute atomic E-state index is 0.0676. The smallest absolute Gasteiger partial charge is 0.261 e. The van der Waals surface area contributed by atoms with Gasteiger partial charge in [-0.05, 0) is 55.7 Å². The summed E-state index contributed by atoms with van der Waals surface area (Å²) in [6.07, 6.45) is 3.57. The minimum atomic E-state index is -0.281. The highest BCUT2D eigenvalue weighted by atomic mass is 35.5. The van der Waals surface area contributed by atoms with Crippen LogP contribution >= 0.6 is 11.6 Å². The van der Waals surface area contributed by atoms with Crippen LogP contribution in [0, 0.1) is 5.92 Å². The predicted molar refractivity (Wildman–Crippen MR) is 146 cm³/mol. The van der Waals surface area contributed by atoms with Gasteiger partial charge in [-0.25, -0.2) is 4.98 Å². The summed E-state index contributed by atoms with van der Waals surface area (Å²) in [5.74, 6) is 1.76. The largest absolute Gasteiger partial charge is 0.344 e. The summed E-state index contributed by atoms with van der Waals surface area (Å²) in [4.78, 5) is 30.6. The fourth-order valence-corrected chi connectivity index (χ4v) is 5.16. The Kier molecular flexibility index (Phi) is 6.39. The predicted octanol–water partition coefficient (Wildman–Crippen LogP) is 5.73. The van der Waals surface area contributed by atoms with Crippen LogP contribution in [0.15, 0.2) is 82.8 Å². The van der Waals surface area contributed by atoms with Crippen molar-refractivity contribution in [3.63, 3.8) is 0 Å². The lowest BCUT2D eigenvalue weighted by molar-refractivity contribution is 0.225. The first-order valence-corrected chi connectivity index (χ1v) is 12.6. The summed E-state index contributed by atoms with van der Waals surface area (Å²) >= 11 is 6.32. The van der Waals surface area contributed by atoms with E-state index < -0.39 is 0 Å². The third-order valence-corrected chi connectivity index (χ3v) is 6.77. The first-order valence-electron chi connectivity index (χ1n) is 12.2. The molecule has 4 aromatic rings. The highest BCUT2D eigenvalue weighted by Gasteiger charge is 2.39. The summed E-state index contributed by atoms with van der Waals surface area (Å²) in [5, 5.41) is 1.12. The fraction of sp³-hybridized carbons (Fsp3) is 0.310. The van der Waals surface area contributed by atoms with Crippen molar-refractivity contribution in [2.24, 2.45) is 10.9 Å². The van der Waals surface area contributed by atoms with E-state index in [0.717, 1.165) is 17.0 Å². The number of aromatic nitrogens is 3. The molecule has 36 heavy (non-hydrogen) atoms. The normalized spacial score (nSPS) is 15.9. The Morgan fingerprint density at radius 2 is 1.75 bits per heavy atom. The van der Waals surface area contributed by atoms with Crippen molar-refractivity contribution in [3.8, 4) is 0 Å². The first-order chi connectivity index (χ1) is 17.2. The molecule has 0 radical (unpaired) electrons. The van der Waals surface area contributed by atoms with Crippen LogP contribution in [0.25, 0.3) is 10.9 Å². The number of hydrogen-bond donors (Lipinski definition) is 0. The van der Waals surface area contributed by atoms with E-state index in [9.17, 15) is 4.79 Å². The van der Waals surface area contributed by atoms with E-state index in [1.807, 2.05) is 47.0 Å². The zero-order valence-corrected chi connectivity index (χ0v) is 21.8. The number of fused-ring (bicyclic) bond motifs is 1. The van der Waals surface area contributed by atoms with Crippen LogP contribution < -0.4 is 5.56 Å². The van der Waals surface area contributed by atoms with Crippen molar-refractivity contribution in [2.75, 3.05) is 6.54 Å². The molecule has 0 saturated heterocycles. The number of halogens is 1. The van der Waals surface area contributed by atoms with Gasteiger partial charge in [0.2, 0.25) is 0 Å². The van der Waals surface area contributed by atoms with E-state index in [1.54, 1.807) is 30.6 Å². The van der Waals surface area contributed by atoms with Crippen molar-refractivity contribution < 1.29 is 0 Å². The van der Waals surface area contributed by atoms with E-state index >= 15 is 0 Å². The summed E-state index contributed by atoms with van der Waals surface area (Å²) < 4.78 is 1.83. The summed E-state index contributed by atoms with van der Waals surface area (Å²) in [6, 6.07) is 19.1. The molecular weight excluding hydrogens is 470 g/mol. The quantitative estimate of drug-likeness (QED) is 0.340. The van der Waals surface area contributed by atoms with E-state index in [4.69, 9.17) is 21.6 Å². The molecule has 0 saturated carbocycles. The number of rotatable bonds is 6. The third-order valence-electron chi connectivity index (χ3n) is 6.54. The van der Waals surface area contributed by atoms with Gasteiger partial charge in [-0.2, -0.15) is 0 Å². The molecular formula is C29H30ClN5O. The van der Waals surface area contributed by atoms with E-state index in [1.165, 1.54) is 0 Å². The van der Waals surface area contributed by atoms with Gasteiger partial charge >= 0.3 is 0 Å². The SMILES string of the molecule is CC(C)C(c1nc2cc(Cl)ccc2c(=O)n1Cc1ccccc1)N1CC(C)(C)N=C1c1ccncc1. The second-order valence-electron chi connectivity index (χ2n) is 10.3. The van der Waals surface area contributed by atoms with Crippen LogP contribution in [0.4, 0.5) is 0 Å². The zero-order valence-electron chi connectivity index (χ0n) is 21.0. The lowest BCUT2D eigenvalue weighted by Crippen LogP contribution is -2.42. The van der Waals surface area contributed by atoms with E-state index in [2.05, 4.69) is 37.6 Å². The number of hydrogen-bond acceptors (Lipinski definition) is 5. The number of benzene rings is 2. The molecule has 7 heteroatoms. The second kappa shape index (κ2) is 9.51. The van der Waals surface area contributed by atoms with Crippen LogP contribution in [-0.2, 0) is 6.54 Å². The molecule has 1 atom stereocenters. The lowest BCUT2D eigenvalue weighted by atomic mass is 9.98. The molecule has 1 aliphatic heterocycles. The molecule has 0 fully saturated rings. The van der Waals surface area contributed by atoms with Crippen molar-refractivity contribution in [3.05, 3.63) is 105 Å². The summed E-state index contributed by atoms with van der Waals surface area (Å²) in [5.41, 5.74) is 2.31. The van der Waals surface area contributed by atoms with Gasteiger partial charge in [-0.3, -0.25) is 19.3 Å². The number of nitrogens with zero attached hydrogens (tertiary/aromatic N) is 5. The average molecular weight is 500 g/mol. The average Bonchev–Trinajstić information content (AvgIpc) is 3.17. The molecule has 0 spiro atoms. The van der Waals surface area contributed by atoms with Gasteiger partial charge in [-0.15, -0.1) is 0 Å². The first kappa shape index (κ1) is 24.2. The molecule has 0 bridgehead atoms. The Morgan fingerprint density at radius 1 is 1.03 bits per heavy atom. The van der Waals surface area contributed by atoms with Gasteiger partial charge in [-0.1, -0.05) is 55.8 Å². The number of amidine groups is 1. The molecule has 2 aromatic heterocycles. The Bertz CT molecular complexity index is 1480. The second-order valence-corrected chi connectivity index (χ2v) is 10.7. The third kappa shape index (κ3) is 4.65. The topological polar surface area (TPSA) is 63.4 Å². The molecule has 0 N–H and O–H groups in total. The molecule has 1 unspecified atom stereocenters. The molecule has 2 aromatic carbocycles. The Hall–Kier alpha value is -3.51. The maximum atomic E-state index is 13.9. The molecule has 184 valence electrons. The molecule has 6 nitrogen and oxygen atoms in total. The van der Waals surface area contributed by atoms with Crippen molar-refractivity contribution >= 4 is 28.3 Å². The molecule has 0 amide bonds. The summed E-state index contributed by atoms with van der Waals surface area (Å²) in [6.45, 7) is 9.75. The zero-order chi connectivity index (χ0) is 25.4. The van der Waals surface area contributed by atoms with Crippen molar-refractivity contribution in [1.82, 2.24) is 19.4 Å². The highest BCUT2D eigenvalue weighted by molar-refractivity contribution is 6.31. The van der Waals surface area contributed by atoms with E-state index in [0.29, 0.717) is 34.8 Å². The molecule has 5 rings (SSSR count). The van der Waals surface area contributed by atoms with Crippen LogP contribution in [0.3, 0.4) is 0 Å². The maximum absolute atomic E-state index is 13.9. The van der Waals surface area contributed by atoms with Crippen LogP contribution in [0.2, 0.25) is 5.02 Å². The minimum Gasteiger partial charge on any atom is -0.344 e. The van der Waals surface area contributed by atoms with Gasteiger partial charge in [0.25, 0.3) is 5.56 Å². The Balaban J connectivity index is 1.73. The molecule has 1 aliphatic rings. The van der Waals surface area contributed by atoms with Gasteiger partial charge < -0.3 is 4.90 Å². The molecule has 0 aliphatic carbocycles. The van der Waals surface area contributed by atoms with Gasteiger partial charge in [0, 0.05) is 29.5 Å². The fourth-order valence-electron chi connectivity index (χ4n) is 4.99. The summed E-state index contributed by atoms with van der Waals surface area (Å²) in [7, 11) is 0. The highest BCUT2D eigenvalue weighted by Crippen LogP contribution is 2.36. The maximum Gasteiger partial charge on any atom is 0.261 e. The van der Waals surface area contributed by atoms with Gasteiger partial charge in [0.1, 0.15) is 11.7 Å². The van der Waals surface area contributed by atoms with Crippen LogP contribution in [-0.4, -0.2) is 37.4 Å². The van der Waals surface area contributed by atoms with Crippen molar-refractivity contribution in [2.45, 2.75) is 45.8 Å². The van der Waals surface area contributed by atoms with Crippen LogP contribution in [0.1, 0.15) is 50.7 Å².